The van der Waals surface area contributed by atoms with Gasteiger partial charge in [0.15, 0.2) is 5.65 Å². The van der Waals surface area contributed by atoms with Gasteiger partial charge < -0.3 is 16.8 Å². The minimum Gasteiger partial charge on any atom is -0.383 e. The Morgan fingerprint density at radius 2 is 1.60 bits per heavy atom. The highest BCUT2D eigenvalue weighted by molar-refractivity contribution is 7.21. The number of nitrogen functional groups attached to an aromatic ring is 1. The zero-order valence-corrected chi connectivity index (χ0v) is 24.2. The van der Waals surface area contributed by atoms with E-state index >= 15 is 0 Å². The molecule has 9 nitrogen and oxygen atoms in total. The number of halogens is 1. The number of piperazine rings is 1. The molecule has 0 atom stereocenters. The predicted octanol–water partition coefficient (Wildman–Crippen LogP) is 5.90. The molecule has 1 aliphatic heterocycles. The highest BCUT2D eigenvalue weighted by atomic mass is 35.5. The molecule has 11 heteroatoms. The van der Waals surface area contributed by atoms with Gasteiger partial charge in [-0.05, 0) is 50.9 Å². The van der Waals surface area contributed by atoms with Crippen LogP contribution in [0.1, 0.15) is 31.7 Å². The van der Waals surface area contributed by atoms with E-state index in [9.17, 15) is 0 Å². The average Bonchev–Trinajstić information content (AvgIpc) is 3.56. The van der Waals surface area contributed by atoms with Crippen LogP contribution in [0.4, 0.5) is 5.82 Å². The summed E-state index contributed by atoms with van der Waals surface area (Å²) in [5.41, 5.74) is 11.1. The number of nitrogens with two attached hydrogens (primary N) is 1. The summed E-state index contributed by atoms with van der Waals surface area (Å²) in [4.78, 5) is 18.9. The number of aromatic nitrogens is 5. The first-order valence-electron chi connectivity index (χ1n) is 13.6. The van der Waals surface area contributed by atoms with Gasteiger partial charge in [-0.3, -0.25) is 4.90 Å². The second kappa shape index (κ2) is 11.0. The minimum absolute atomic E-state index is 0. The first kappa shape index (κ1) is 27.0. The normalized spacial score (nSPS) is 20.6. The van der Waals surface area contributed by atoms with Gasteiger partial charge in [0.2, 0.25) is 0 Å². The summed E-state index contributed by atoms with van der Waals surface area (Å²) < 4.78 is 3.20. The maximum Gasteiger partial charge on any atom is 0.164 e. The van der Waals surface area contributed by atoms with Gasteiger partial charge in [0.25, 0.3) is 0 Å². The Morgan fingerprint density at radius 3 is 2.35 bits per heavy atom. The summed E-state index contributed by atoms with van der Waals surface area (Å²) in [6.07, 6.45) is 6.12. The molecule has 3 aromatic heterocycles. The number of benzene rings is 2. The molecule has 7 rings (SSSR count). The molecule has 0 spiro atoms. The lowest BCUT2D eigenvalue weighted by Crippen LogP contribution is -2.49. The Kier molecular flexibility index (Phi) is 7.45. The van der Waals surface area contributed by atoms with E-state index in [4.69, 9.17) is 27.4 Å². The van der Waals surface area contributed by atoms with Crippen molar-refractivity contribution >= 4 is 50.0 Å². The molecular weight excluding hydrogens is 542 g/mol. The highest BCUT2D eigenvalue weighted by Gasteiger charge is 2.30. The monoisotopic (exact) mass is 575 g/mol. The van der Waals surface area contributed by atoms with Crippen LogP contribution in [0.2, 0.25) is 5.02 Å². The molecule has 5 N–H and O–H groups in total. The standard InChI is InChI=1S/C29H31ClN8S.H3N/c1-36-12-14-37(15-13-36)21-7-9-22(10-8-21)38-28-25(27(31)32-17-33-28)26(35-38)18-2-4-19(5-3-18)29-34-23-11-6-20(30)16-24(23)39-29;/h2-6,11,16-17,21-22H,7-10,12-15H2,1H3,(H2,31,32,33);1H3. The third kappa shape index (κ3) is 4.95. The molecule has 40 heavy (non-hydrogen) atoms. The fraction of sp³-hybridized carbons (Fsp3) is 0.379. The Bertz CT molecular complexity index is 1630. The molecule has 0 unspecified atom stereocenters. The van der Waals surface area contributed by atoms with Crippen molar-refractivity contribution in [2.24, 2.45) is 0 Å². The second-order valence-electron chi connectivity index (χ2n) is 10.8. The molecule has 2 aromatic carbocycles. The molecule has 208 valence electrons. The number of hydrogen-bond acceptors (Lipinski definition) is 9. The molecular formula is C29H34ClN9S. The van der Waals surface area contributed by atoms with E-state index in [-0.39, 0.29) is 6.15 Å². The smallest absolute Gasteiger partial charge is 0.164 e. The lowest BCUT2D eigenvalue weighted by atomic mass is 9.90. The zero-order valence-electron chi connectivity index (χ0n) is 22.6. The molecule has 0 radical (unpaired) electrons. The van der Waals surface area contributed by atoms with E-state index in [2.05, 4.69) is 55.8 Å². The van der Waals surface area contributed by atoms with E-state index in [1.165, 1.54) is 25.9 Å². The van der Waals surface area contributed by atoms with Crippen LogP contribution in [-0.4, -0.2) is 73.8 Å². The van der Waals surface area contributed by atoms with Crippen molar-refractivity contribution in [1.29, 1.82) is 0 Å². The topological polar surface area (TPSA) is 124 Å². The number of hydrogen-bond donors (Lipinski definition) is 2. The lowest BCUT2D eigenvalue weighted by Gasteiger charge is -2.41. The Labute approximate surface area is 242 Å². The van der Waals surface area contributed by atoms with Crippen LogP contribution in [0.25, 0.3) is 43.1 Å². The number of nitrogens with zero attached hydrogens (tertiary/aromatic N) is 7. The summed E-state index contributed by atoms with van der Waals surface area (Å²) in [5.74, 6) is 0.472. The summed E-state index contributed by atoms with van der Waals surface area (Å²) in [6, 6.07) is 15.2. The summed E-state index contributed by atoms with van der Waals surface area (Å²) in [7, 11) is 2.22. The zero-order chi connectivity index (χ0) is 26.5. The van der Waals surface area contributed by atoms with E-state index in [1.54, 1.807) is 17.7 Å². The third-order valence-electron chi connectivity index (χ3n) is 8.34. The Hall–Kier alpha value is -3.15. The maximum atomic E-state index is 6.41. The molecule has 1 aliphatic carbocycles. The van der Waals surface area contributed by atoms with Gasteiger partial charge in [0.05, 0.1) is 21.6 Å². The van der Waals surface area contributed by atoms with Crippen molar-refractivity contribution in [2.45, 2.75) is 37.8 Å². The maximum absolute atomic E-state index is 6.41. The van der Waals surface area contributed by atoms with Gasteiger partial charge >= 0.3 is 0 Å². The molecule has 1 saturated heterocycles. The van der Waals surface area contributed by atoms with Crippen LogP contribution in [0.15, 0.2) is 48.8 Å². The van der Waals surface area contributed by atoms with Crippen LogP contribution in [0.5, 0.6) is 0 Å². The number of thiazole rings is 1. The predicted molar refractivity (Wildman–Crippen MR) is 164 cm³/mol. The first-order chi connectivity index (χ1) is 19.0. The average molecular weight is 576 g/mol. The van der Waals surface area contributed by atoms with Crippen molar-refractivity contribution < 1.29 is 0 Å². The van der Waals surface area contributed by atoms with Gasteiger partial charge in [-0.2, -0.15) is 5.10 Å². The third-order valence-corrected chi connectivity index (χ3v) is 9.64. The number of fused-ring (bicyclic) bond motifs is 2. The molecule has 2 fully saturated rings. The largest absolute Gasteiger partial charge is 0.383 e. The number of likely N-dealkylation sites (N-methyl/N-ethyl adjacent to an activating group) is 1. The SMILES string of the molecule is CN1CCN(C2CCC(n3nc(-c4ccc(-c5nc6ccc(Cl)cc6s5)cc4)c4c(N)ncnc43)CC2)CC1.N. The lowest BCUT2D eigenvalue weighted by molar-refractivity contribution is 0.0815. The molecule has 0 amide bonds. The summed E-state index contributed by atoms with van der Waals surface area (Å²) in [6.45, 7) is 4.67. The molecule has 1 saturated carbocycles. The van der Waals surface area contributed by atoms with Crippen LogP contribution in [0, 0.1) is 0 Å². The fourth-order valence-electron chi connectivity index (χ4n) is 6.10. The van der Waals surface area contributed by atoms with E-state index in [1.807, 2.05) is 18.2 Å². The highest BCUT2D eigenvalue weighted by Crippen LogP contribution is 2.38. The quantitative estimate of drug-likeness (QED) is 0.271. The number of rotatable bonds is 4. The molecule has 5 aromatic rings. The van der Waals surface area contributed by atoms with Gasteiger partial charge in [-0.15, -0.1) is 11.3 Å². The molecule has 0 bridgehead atoms. The Balaban J connectivity index is 0.00000289. The van der Waals surface area contributed by atoms with Crippen molar-refractivity contribution in [2.75, 3.05) is 39.0 Å². The summed E-state index contributed by atoms with van der Waals surface area (Å²) in [5, 5.41) is 7.65. The van der Waals surface area contributed by atoms with Gasteiger partial charge in [-0.25, -0.2) is 19.6 Å². The van der Waals surface area contributed by atoms with Crippen LogP contribution >= 0.6 is 22.9 Å². The molecule has 2 aliphatic rings. The van der Waals surface area contributed by atoms with Gasteiger partial charge in [0, 0.05) is 48.4 Å². The van der Waals surface area contributed by atoms with Gasteiger partial charge in [0.1, 0.15) is 22.8 Å². The first-order valence-corrected chi connectivity index (χ1v) is 14.8. The van der Waals surface area contributed by atoms with Crippen LogP contribution < -0.4 is 11.9 Å². The Morgan fingerprint density at radius 1 is 0.900 bits per heavy atom. The van der Waals surface area contributed by atoms with Crippen molar-refractivity contribution in [3.63, 3.8) is 0 Å². The van der Waals surface area contributed by atoms with Crippen LogP contribution in [0.3, 0.4) is 0 Å². The fourth-order valence-corrected chi connectivity index (χ4v) is 7.35. The van der Waals surface area contributed by atoms with Gasteiger partial charge in [-0.1, -0.05) is 35.9 Å². The van der Waals surface area contributed by atoms with Crippen molar-refractivity contribution in [3.8, 4) is 21.8 Å². The second-order valence-corrected chi connectivity index (χ2v) is 12.2. The molecule has 4 heterocycles. The summed E-state index contributed by atoms with van der Waals surface area (Å²) >= 11 is 7.82. The van der Waals surface area contributed by atoms with E-state index in [0.717, 1.165) is 74.0 Å². The minimum atomic E-state index is 0. The van der Waals surface area contributed by atoms with E-state index in [0.29, 0.717) is 17.9 Å². The van der Waals surface area contributed by atoms with Crippen molar-refractivity contribution in [1.82, 2.24) is 40.7 Å². The van der Waals surface area contributed by atoms with Crippen molar-refractivity contribution in [3.05, 3.63) is 53.8 Å². The number of anilines is 1. The van der Waals surface area contributed by atoms with E-state index < -0.39 is 0 Å². The van der Waals surface area contributed by atoms with Crippen LogP contribution in [-0.2, 0) is 0 Å².